The summed E-state index contributed by atoms with van der Waals surface area (Å²) in [6.45, 7) is 4.40. The zero-order valence-electron chi connectivity index (χ0n) is 14.0. The number of carboxylic acids is 1. The molecule has 0 aliphatic rings. The van der Waals surface area contributed by atoms with Gasteiger partial charge in [0.1, 0.15) is 7.85 Å². The van der Waals surface area contributed by atoms with Crippen molar-refractivity contribution < 1.29 is 14.7 Å². The first-order valence-electron chi connectivity index (χ1n) is 7.66. The van der Waals surface area contributed by atoms with E-state index in [0.29, 0.717) is 4.88 Å². The van der Waals surface area contributed by atoms with Gasteiger partial charge >= 0.3 is 5.97 Å². The predicted octanol–water partition coefficient (Wildman–Crippen LogP) is 2.12. The van der Waals surface area contributed by atoms with Gasteiger partial charge in [0, 0.05) is 22.1 Å². The normalized spacial score (nSPS) is 10.6. The third-order valence-corrected chi connectivity index (χ3v) is 6.08. The van der Waals surface area contributed by atoms with E-state index in [1.807, 2.05) is 6.07 Å². The summed E-state index contributed by atoms with van der Waals surface area (Å²) in [6.07, 6.45) is -0.0635. The summed E-state index contributed by atoms with van der Waals surface area (Å²) in [4.78, 5) is 25.4. The van der Waals surface area contributed by atoms with E-state index >= 15 is 0 Å². The van der Waals surface area contributed by atoms with Gasteiger partial charge in [-0.05, 0) is 38.1 Å². The largest absolute Gasteiger partial charge is 0.481 e. The Labute approximate surface area is 151 Å². The first-order valence-corrected chi connectivity index (χ1v) is 9.46. The summed E-state index contributed by atoms with van der Waals surface area (Å²) in [7, 11) is 2.13. The fraction of sp³-hybridized carbons (Fsp3) is 0.294. The van der Waals surface area contributed by atoms with Crippen molar-refractivity contribution in [1.29, 1.82) is 0 Å². The van der Waals surface area contributed by atoms with Crippen LogP contribution in [0.25, 0.3) is 0 Å². The number of carboxylic acid groups (broad SMARTS) is 1. The molecule has 0 aliphatic heterocycles. The number of amides is 1. The van der Waals surface area contributed by atoms with Crippen LogP contribution in [0, 0.1) is 13.8 Å². The lowest BCUT2D eigenvalue weighted by atomic mass is 9.87. The van der Waals surface area contributed by atoms with Crippen molar-refractivity contribution in [1.82, 2.24) is 5.32 Å². The number of aryl methyl sites for hydroxylation is 2. The maximum Gasteiger partial charge on any atom is 0.305 e. The Hall–Kier alpha value is -1.73. The minimum Gasteiger partial charge on any atom is -0.481 e. The van der Waals surface area contributed by atoms with Crippen LogP contribution in [-0.2, 0) is 10.5 Å². The van der Waals surface area contributed by atoms with Crippen LogP contribution in [0.1, 0.15) is 32.1 Å². The molecule has 0 saturated heterocycles. The summed E-state index contributed by atoms with van der Waals surface area (Å²) >= 11 is 3.21. The molecule has 0 aliphatic carbocycles. The summed E-state index contributed by atoms with van der Waals surface area (Å²) in [5.74, 6) is -0.309. The second-order valence-electron chi connectivity index (χ2n) is 5.64. The second kappa shape index (κ2) is 8.40. The van der Waals surface area contributed by atoms with Crippen molar-refractivity contribution >= 4 is 48.3 Å². The molecule has 2 rings (SSSR count). The minimum absolute atomic E-state index is 0.0635. The fourth-order valence-electron chi connectivity index (χ4n) is 2.18. The van der Waals surface area contributed by atoms with E-state index in [1.165, 1.54) is 32.8 Å². The molecule has 0 atom stereocenters. The molecule has 1 aromatic heterocycles. The van der Waals surface area contributed by atoms with Gasteiger partial charge in [0.2, 0.25) is 0 Å². The number of thioether (sulfide) groups is 1. The molecule has 7 heteroatoms. The van der Waals surface area contributed by atoms with E-state index in [2.05, 4.69) is 39.1 Å². The third-order valence-electron chi connectivity index (χ3n) is 3.79. The molecule has 0 radical (unpaired) electrons. The topological polar surface area (TPSA) is 66.4 Å². The van der Waals surface area contributed by atoms with Gasteiger partial charge in [-0.3, -0.25) is 9.59 Å². The maximum absolute atomic E-state index is 11.9. The third kappa shape index (κ3) is 5.14. The Morgan fingerprint density at radius 2 is 1.92 bits per heavy atom. The van der Waals surface area contributed by atoms with Gasteiger partial charge in [0.05, 0.1) is 11.3 Å². The molecule has 0 bridgehead atoms. The average Bonchev–Trinajstić information content (AvgIpc) is 2.99. The van der Waals surface area contributed by atoms with Gasteiger partial charge in [-0.15, -0.1) is 23.1 Å². The quantitative estimate of drug-likeness (QED) is 0.586. The number of rotatable bonds is 7. The molecule has 0 saturated carbocycles. The molecule has 1 aromatic carbocycles. The van der Waals surface area contributed by atoms with Crippen LogP contribution in [0.15, 0.2) is 29.2 Å². The molecular weight excluding hydrogens is 341 g/mol. The van der Waals surface area contributed by atoms with E-state index in [0.717, 1.165) is 10.6 Å². The molecule has 0 fully saturated rings. The van der Waals surface area contributed by atoms with Gasteiger partial charge in [-0.1, -0.05) is 16.6 Å². The smallest absolute Gasteiger partial charge is 0.305 e. The molecule has 4 nitrogen and oxygen atoms in total. The zero-order chi connectivity index (χ0) is 17.7. The molecule has 24 heavy (non-hydrogen) atoms. The van der Waals surface area contributed by atoms with Crippen molar-refractivity contribution in [2.24, 2.45) is 0 Å². The maximum atomic E-state index is 11.9. The van der Waals surface area contributed by atoms with Crippen molar-refractivity contribution in [3.63, 3.8) is 0 Å². The van der Waals surface area contributed by atoms with Crippen molar-refractivity contribution in [2.75, 3.05) is 6.54 Å². The second-order valence-corrected chi connectivity index (χ2v) is 7.85. The zero-order valence-corrected chi connectivity index (χ0v) is 15.6. The highest BCUT2D eigenvalue weighted by Crippen LogP contribution is 2.27. The predicted molar refractivity (Wildman–Crippen MR) is 103 cm³/mol. The highest BCUT2D eigenvalue weighted by Gasteiger charge is 2.10. The van der Waals surface area contributed by atoms with Crippen molar-refractivity contribution in [2.45, 2.75) is 30.9 Å². The molecule has 126 valence electrons. The standard InChI is InChI=1S/C17H20BNO3S2/c1-10-7-13(8-11(2)16(10)18)23-9-12-3-4-14(24-12)17(22)19-6-5-15(20)21/h3-4,7-8H,5-6,9,18H2,1-2H3,(H,19,22)(H,20,21). The number of benzene rings is 1. The lowest BCUT2D eigenvalue weighted by Gasteiger charge is -2.08. The lowest BCUT2D eigenvalue weighted by molar-refractivity contribution is -0.136. The number of carbonyl (C=O) groups excluding carboxylic acids is 1. The van der Waals surface area contributed by atoms with Crippen LogP contribution in [0.4, 0.5) is 0 Å². The fourth-order valence-corrected chi connectivity index (χ4v) is 4.24. The summed E-state index contributed by atoms with van der Waals surface area (Å²) in [5.41, 5.74) is 3.92. The van der Waals surface area contributed by atoms with E-state index in [9.17, 15) is 9.59 Å². The number of thiophene rings is 1. The average molecular weight is 361 g/mol. The number of hydrogen-bond acceptors (Lipinski definition) is 4. The van der Waals surface area contributed by atoms with Gasteiger partial charge in [-0.25, -0.2) is 0 Å². The van der Waals surface area contributed by atoms with Crippen molar-refractivity contribution in [3.8, 4) is 0 Å². The van der Waals surface area contributed by atoms with E-state index in [4.69, 9.17) is 5.11 Å². The van der Waals surface area contributed by atoms with Crippen LogP contribution >= 0.6 is 23.1 Å². The molecule has 2 N–H and O–H groups in total. The summed E-state index contributed by atoms with van der Waals surface area (Å²) in [6, 6.07) is 8.14. The molecular formula is C17H20BNO3S2. The Morgan fingerprint density at radius 1 is 1.25 bits per heavy atom. The van der Waals surface area contributed by atoms with Crippen LogP contribution in [0.3, 0.4) is 0 Å². The number of aliphatic carboxylic acids is 1. The Kier molecular flexibility index (Phi) is 6.51. The van der Waals surface area contributed by atoms with Gasteiger partial charge in [0.25, 0.3) is 5.91 Å². The highest BCUT2D eigenvalue weighted by molar-refractivity contribution is 7.98. The first-order chi connectivity index (χ1) is 11.4. The van der Waals surface area contributed by atoms with Crippen LogP contribution < -0.4 is 10.8 Å². The van der Waals surface area contributed by atoms with Crippen molar-refractivity contribution in [3.05, 3.63) is 45.1 Å². The van der Waals surface area contributed by atoms with Gasteiger partial charge in [-0.2, -0.15) is 0 Å². The van der Waals surface area contributed by atoms with Crippen LogP contribution in [0.5, 0.6) is 0 Å². The van der Waals surface area contributed by atoms with Crippen LogP contribution in [0.2, 0.25) is 0 Å². The molecule has 0 unspecified atom stereocenters. The monoisotopic (exact) mass is 361 g/mol. The number of nitrogens with one attached hydrogen (secondary N) is 1. The Morgan fingerprint density at radius 3 is 2.54 bits per heavy atom. The van der Waals surface area contributed by atoms with E-state index < -0.39 is 5.97 Å². The molecule has 1 heterocycles. The number of hydrogen-bond donors (Lipinski definition) is 2. The van der Waals surface area contributed by atoms with Gasteiger partial charge in [0.15, 0.2) is 0 Å². The minimum atomic E-state index is -0.915. The highest BCUT2D eigenvalue weighted by atomic mass is 32.2. The van der Waals surface area contributed by atoms with Crippen LogP contribution in [-0.4, -0.2) is 31.4 Å². The Balaban J connectivity index is 1.92. The molecule has 0 spiro atoms. The summed E-state index contributed by atoms with van der Waals surface area (Å²) in [5, 5.41) is 11.2. The number of carbonyl (C=O) groups is 2. The van der Waals surface area contributed by atoms with E-state index in [1.54, 1.807) is 17.8 Å². The molecule has 2 aromatic rings. The first kappa shape index (κ1) is 18.6. The molecule has 1 amide bonds. The Bertz CT molecular complexity index is 735. The van der Waals surface area contributed by atoms with E-state index in [-0.39, 0.29) is 18.9 Å². The SMILES string of the molecule is Bc1c(C)cc(SCc2ccc(C(=O)NCCC(=O)O)s2)cc1C. The lowest BCUT2D eigenvalue weighted by Crippen LogP contribution is -2.25. The van der Waals surface area contributed by atoms with Gasteiger partial charge < -0.3 is 10.4 Å². The summed E-state index contributed by atoms with van der Waals surface area (Å²) < 4.78 is 0.